The minimum atomic E-state index is -0.151. The van der Waals surface area contributed by atoms with Crippen LogP contribution >= 0.6 is 27.3 Å². The highest BCUT2D eigenvalue weighted by Crippen LogP contribution is 2.20. The summed E-state index contributed by atoms with van der Waals surface area (Å²) in [7, 11) is 1.61. The molecule has 0 radical (unpaired) electrons. The maximum Gasteiger partial charge on any atom is 0.244 e. The van der Waals surface area contributed by atoms with E-state index >= 15 is 0 Å². The summed E-state index contributed by atoms with van der Waals surface area (Å²) >= 11 is 4.92. The number of nitrogens with zero attached hydrogens (tertiary/aromatic N) is 1. The van der Waals surface area contributed by atoms with Crippen molar-refractivity contribution in [3.63, 3.8) is 0 Å². The number of ether oxygens (including phenoxy) is 1. The largest absolute Gasteiger partial charge is 0.497 e. The predicted molar refractivity (Wildman–Crippen MR) is 84.5 cm³/mol. The number of hydrogen-bond acceptors (Lipinski definition) is 4. The Kier molecular flexibility index (Phi) is 5.31. The van der Waals surface area contributed by atoms with Gasteiger partial charge in [-0.1, -0.05) is 12.1 Å². The number of hydrazone groups is 1. The molecule has 0 fully saturated rings. The van der Waals surface area contributed by atoms with Gasteiger partial charge in [0.1, 0.15) is 5.75 Å². The van der Waals surface area contributed by atoms with Crippen LogP contribution in [0.1, 0.15) is 10.4 Å². The second kappa shape index (κ2) is 7.21. The highest BCUT2D eigenvalue weighted by molar-refractivity contribution is 9.11. The Balaban J connectivity index is 1.84. The minimum Gasteiger partial charge on any atom is -0.497 e. The lowest BCUT2D eigenvalue weighted by Crippen LogP contribution is -2.19. The van der Waals surface area contributed by atoms with E-state index < -0.39 is 0 Å². The molecule has 0 aliphatic heterocycles. The van der Waals surface area contributed by atoms with Crippen LogP contribution in [0, 0.1) is 0 Å². The summed E-state index contributed by atoms with van der Waals surface area (Å²) in [5.41, 5.74) is 3.42. The first-order valence-electron chi connectivity index (χ1n) is 5.87. The van der Waals surface area contributed by atoms with Crippen LogP contribution in [0.2, 0.25) is 0 Å². The summed E-state index contributed by atoms with van der Waals surface area (Å²) < 4.78 is 6.09. The zero-order chi connectivity index (χ0) is 14.4. The molecule has 2 rings (SSSR count). The van der Waals surface area contributed by atoms with Crippen LogP contribution in [0.25, 0.3) is 0 Å². The molecule has 6 heteroatoms. The molecule has 0 unspecified atom stereocenters. The summed E-state index contributed by atoms with van der Waals surface area (Å²) in [6, 6.07) is 11.2. The van der Waals surface area contributed by atoms with Gasteiger partial charge in [0.05, 0.1) is 23.5 Å². The van der Waals surface area contributed by atoms with Crippen molar-refractivity contribution in [2.75, 3.05) is 7.11 Å². The number of thiophene rings is 1. The van der Waals surface area contributed by atoms with Crippen LogP contribution in [0.3, 0.4) is 0 Å². The monoisotopic (exact) mass is 352 g/mol. The maximum absolute atomic E-state index is 11.7. The molecule has 2 aromatic rings. The van der Waals surface area contributed by atoms with E-state index in [-0.39, 0.29) is 12.3 Å². The Morgan fingerprint density at radius 1 is 1.35 bits per heavy atom. The molecule has 0 saturated heterocycles. The van der Waals surface area contributed by atoms with Gasteiger partial charge in [-0.05, 0) is 45.8 Å². The summed E-state index contributed by atoms with van der Waals surface area (Å²) in [4.78, 5) is 12.7. The highest BCUT2D eigenvalue weighted by Gasteiger charge is 2.02. The van der Waals surface area contributed by atoms with Crippen molar-refractivity contribution in [2.45, 2.75) is 6.42 Å². The smallest absolute Gasteiger partial charge is 0.244 e. The van der Waals surface area contributed by atoms with Gasteiger partial charge in [-0.25, -0.2) is 5.43 Å². The van der Waals surface area contributed by atoms with Gasteiger partial charge >= 0.3 is 0 Å². The van der Waals surface area contributed by atoms with E-state index in [0.29, 0.717) is 0 Å². The Labute approximate surface area is 129 Å². The Morgan fingerprint density at radius 3 is 2.70 bits per heavy atom. The number of rotatable bonds is 5. The lowest BCUT2D eigenvalue weighted by molar-refractivity contribution is -0.120. The third-order valence-electron chi connectivity index (χ3n) is 2.50. The fourth-order valence-electron chi connectivity index (χ4n) is 1.53. The summed E-state index contributed by atoms with van der Waals surface area (Å²) in [5.74, 6) is 0.623. The number of methoxy groups -OCH3 is 1. The zero-order valence-corrected chi connectivity index (χ0v) is 13.2. The van der Waals surface area contributed by atoms with Gasteiger partial charge < -0.3 is 4.74 Å². The van der Waals surface area contributed by atoms with Crippen LogP contribution in [-0.4, -0.2) is 19.2 Å². The molecule has 20 heavy (non-hydrogen) atoms. The molecule has 1 aromatic heterocycles. The standard InChI is InChI=1S/C14H13BrN2O2S/c1-19-11-4-2-10(3-5-11)8-14(18)17-16-9-12-6-7-13(15)20-12/h2-7,9H,8H2,1H3,(H,17,18). The molecule has 1 aromatic carbocycles. The molecule has 1 heterocycles. The Morgan fingerprint density at radius 2 is 2.10 bits per heavy atom. The lowest BCUT2D eigenvalue weighted by Gasteiger charge is -2.02. The van der Waals surface area contributed by atoms with Crippen molar-refractivity contribution in [1.82, 2.24) is 5.43 Å². The zero-order valence-electron chi connectivity index (χ0n) is 10.8. The fourth-order valence-corrected chi connectivity index (χ4v) is 2.83. The number of amides is 1. The molecular weight excluding hydrogens is 340 g/mol. The average Bonchev–Trinajstić information content (AvgIpc) is 2.85. The second-order valence-corrected chi connectivity index (χ2v) is 6.45. The van der Waals surface area contributed by atoms with E-state index in [1.54, 1.807) is 24.7 Å². The Bertz CT molecular complexity index is 608. The lowest BCUT2D eigenvalue weighted by atomic mass is 10.1. The van der Waals surface area contributed by atoms with Crippen molar-refractivity contribution < 1.29 is 9.53 Å². The molecule has 0 spiro atoms. The molecule has 104 valence electrons. The normalized spacial score (nSPS) is 10.7. The maximum atomic E-state index is 11.7. The Hall–Kier alpha value is -1.66. The number of hydrogen-bond donors (Lipinski definition) is 1. The van der Waals surface area contributed by atoms with Crippen LogP contribution < -0.4 is 10.2 Å². The van der Waals surface area contributed by atoms with Crippen molar-refractivity contribution >= 4 is 39.4 Å². The predicted octanol–water partition coefficient (Wildman–Crippen LogP) is 3.21. The summed E-state index contributed by atoms with van der Waals surface area (Å²) in [6.07, 6.45) is 1.91. The third kappa shape index (κ3) is 4.47. The topological polar surface area (TPSA) is 50.7 Å². The van der Waals surface area contributed by atoms with Gasteiger partial charge in [0.15, 0.2) is 0 Å². The van der Waals surface area contributed by atoms with Crippen molar-refractivity contribution in [2.24, 2.45) is 5.10 Å². The van der Waals surface area contributed by atoms with Gasteiger partial charge in [0.2, 0.25) is 5.91 Å². The molecule has 0 bridgehead atoms. The van der Waals surface area contributed by atoms with Gasteiger partial charge in [0, 0.05) is 4.88 Å². The fraction of sp³-hybridized carbons (Fsp3) is 0.143. The first-order valence-corrected chi connectivity index (χ1v) is 7.48. The third-order valence-corrected chi connectivity index (χ3v) is 4.06. The van der Waals surface area contributed by atoms with E-state index in [9.17, 15) is 4.79 Å². The van der Waals surface area contributed by atoms with E-state index in [1.807, 2.05) is 36.4 Å². The molecule has 4 nitrogen and oxygen atoms in total. The van der Waals surface area contributed by atoms with Crippen molar-refractivity contribution in [3.8, 4) is 5.75 Å². The van der Waals surface area contributed by atoms with Crippen LogP contribution in [0.15, 0.2) is 45.3 Å². The van der Waals surface area contributed by atoms with Crippen LogP contribution in [0.4, 0.5) is 0 Å². The van der Waals surface area contributed by atoms with E-state index in [0.717, 1.165) is 20.0 Å². The molecular formula is C14H13BrN2O2S. The number of nitrogens with one attached hydrogen (secondary N) is 1. The first-order chi connectivity index (χ1) is 9.67. The average molecular weight is 353 g/mol. The van der Waals surface area contributed by atoms with E-state index in [2.05, 4.69) is 26.5 Å². The number of carbonyl (C=O) groups excluding carboxylic acids is 1. The number of carbonyl (C=O) groups is 1. The van der Waals surface area contributed by atoms with Crippen LogP contribution in [0.5, 0.6) is 5.75 Å². The minimum absolute atomic E-state index is 0.151. The van der Waals surface area contributed by atoms with Gasteiger partial charge in [-0.2, -0.15) is 5.10 Å². The van der Waals surface area contributed by atoms with E-state index in [4.69, 9.17) is 4.74 Å². The highest BCUT2D eigenvalue weighted by atomic mass is 79.9. The van der Waals surface area contributed by atoms with Crippen LogP contribution in [-0.2, 0) is 11.2 Å². The first kappa shape index (κ1) is 14.7. The molecule has 0 aliphatic carbocycles. The summed E-state index contributed by atoms with van der Waals surface area (Å²) in [6.45, 7) is 0. The van der Waals surface area contributed by atoms with Crippen molar-refractivity contribution in [3.05, 3.63) is 50.6 Å². The molecule has 1 N–H and O–H groups in total. The number of halogens is 1. The molecule has 0 atom stereocenters. The number of benzene rings is 1. The molecule has 0 saturated carbocycles. The van der Waals surface area contributed by atoms with Gasteiger partial charge in [0.25, 0.3) is 0 Å². The van der Waals surface area contributed by atoms with Gasteiger partial charge in [-0.15, -0.1) is 11.3 Å². The van der Waals surface area contributed by atoms with Crippen molar-refractivity contribution in [1.29, 1.82) is 0 Å². The summed E-state index contributed by atoms with van der Waals surface area (Å²) in [5, 5.41) is 3.93. The van der Waals surface area contributed by atoms with E-state index in [1.165, 1.54) is 0 Å². The SMILES string of the molecule is COc1ccc(CC(=O)NN=Cc2ccc(Br)s2)cc1. The molecule has 0 aliphatic rings. The van der Waals surface area contributed by atoms with Gasteiger partial charge in [-0.3, -0.25) is 4.79 Å². The molecule has 1 amide bonds. The second-order valence-electron chi connectivity index (χ2n) is 3.96. The quantitative estimate of drug-likeness (QED) is 0.663.